The molecule has 2 heteroatoms. The molecule has 1 aliphatic rings. The van der Waals surface area contributed by atoms with Gasteiger partial charge in [0.2, 0.25) is 11.4 Å². The smallest absolute Gasteiger partial charge is 0.210 e. The summed E-state index contributed by atoms with van der Waals surface area (Å²) in [5.41, 5.74) is 23.9. The third-order valence-corrected chi connectivity index (χ3v) is 11.8. The van der Waals surface area contributed by atoms with E-state index in [9.17, 15) is 5.53 Å². The molecule has 0 spiro atoms. The molecule has 0 bridgehead atoms. The Morgan fingerprint density at radius 3 is 1.00 bits per heavy atom. The van der Waals surface area contributed by atoms with Crippen LogP contribution in [0.5, 0.6) is 0 Å². The number of allylic oxidation sites excluding steroid dienone is 2. The van der Waals surface area contributed by atoms with Crippen molar-refractivity contribution in [3.8, 4) is 0 Å². The molecule has 54 heavy (non-hydrogen) atoms. The zero-order chi connectivity index (χ0) is 38.6. The third-order valence-electron chi connectivity index (χ3n) is 11.8. The topological polar surface area (TPSA) is 25.3 Å². The van der Waals surface area contributed by atoms with Crippen molar-refractivity contribution in [2.75, 3.05) is 0 Å². The largest absolute Gasteiger partial charge is 0.493 e. The summed E-state index contributed by atoms with van der Waals surface area (Å²) < 4.78 is 1.61. The molecule has 0 radical (unpaired) electrons. The first kappa shape index (κ1) is 45.9. The Balaban J connectivity index is 1.97. The highest BCUT2D eigenvalue weighted by Crippen LogP contribution is 2.39. The summed E-state index contributed by atoms with van der Waals surface area (Å²) in [5.74, 6) is 0. The number of rotatable bonds is 33. The summed E-state index contributed by atoms with van der Waals surface area (Å²) in [6, 6.07) is 14.7. The second-order valence-electron chi connectivity index (χ2n) is 17.0. The highest BCUT2D eigenvalue weighted by atomic mass is 15.2. The van der Waals surface area contributed by atoms with E-state index in [1.54, 1.807) is 4.70 Å². The molecule has 1 aliphatic heterocycles. The third kappa shape index (κ3) is 17.5. The van der Waals surface area contributed by atoms with Gasteiger partial charge < -0.3 is 5.53 Å². The molecule has 1 heterocycles. The minimum atomic E-state index is 0.983. The molecule has 0 aliphatic carbocycles. The summed E-state index contributed by atoms with van der Waals surface area (Å²) in [5, 5.41) is 0. The van der Waals surface area contributed by atoms with Crippen LogP contribution in [0.2, 0.25) is 0 Å². The maximum Gasteiger partial charge on any atom is 0.210 e. The molecular weight excluding hydrogens is 653 g/mol. The molecule has 2 nitrogen and oxygen atoms in total. The van der Waals surface area contributed by atoms with E-state index < -0.39 is 0 Å². The summed E-state index contributed by atoms with van der Waals surface area (Å²) in [4.78, 5) is 0. The molecule has 0 saturated carbocycles. The lowest BCUT2D eigenvalue weighted by Gasteiger charge is -2.15. The van der Waals surface area contributed by atoms with E-state index >= 15 is 0 Å². The molecule has 0 saturated heterocycles. The Labute approximate surface area is 335 Å². The molecule has 0 unspecified atom stereocenters. The average Bonchev–Trinajstić information content (AvgIpc) is 3.51. The molecule has 302 valence electrons. The van der Waals surface area contributed by atoms with Gasteiger partial charge in [-0.25, -0.2) is 4.70 Å². The standard InChI is InChI=1S/C52H84N2/c1-6-11-16-21-26-31-36-48-43-51(49-39-44(32-27-22-17-12-7-2)37-45(40-49)33-28-23-18-13-8-3)54(53)52(48)50-41-46(34-29-24-19-14-9-4)38-47(42-50)35-30-25-20-15-10-5/h37-43H,6-36H2,1-5H3. The second kappa shape index (κ2) is 28.9. The normalized spacial score (nSPS) is 13.1. The lowest BCUT2D eigenvalue weighted by Crippen LogP contribution is -2.05. The van der Waals surface area contributed by atoms with Crippen molar-refractivity contribution in [1.29, 1.82) is 0 Å². The monoisotopic (exact) mass is 737 g/mol. The second-order valence-corrected chi connectivity index (χ2v) is 17.0. The minimum Gasteiger partial charge on any atom is -0.493 e. The van der Waals surface area contributed by atoms with Crippen molar-refractivity contribution in [3.63, 3.8) is 0 Å². The van der Waals surface area contributed by atoms with E-state index in [2.05, 4.69) is 77.1 Å². The van der Waals surface area contributed by atoms with E-state index in [4.69, 9.17) is 0 Å². The van der Waals surface area contributed by atoms with Crippen LogP contribution in [0.1, 0.15) is 241 Å². The van der Waals surface area contributed by atoms with Crippen molar-refractivity contribution in [2.24, 2.45) is 0 Å². The fourth-order valence-electron chi connectivity index (χ4n) is 8.47. The SMILES string of the molecule is CCCCCCCCC1=C(c2cc(CCCCCCC)cc(CCCCCCC)c2)[N+](=[N-])C(c2cc(CCCCCCC)cc(CCCCCCC)c2)=C1. The molecular formula is C52H84N2. The first-order valence-electron chi connectivity index (χ1n) is 23.7. The van der Waals surface area contributed by atoms with E-state index in [1.807, 2.05) is 0 Å². The van der Waals surface area contributed by atoms with Crippen LogP contribution in [0.3, 0.4) is 0 Å². The molecule has 0 atom stereocenters. The van der Waals surface area contributed by atoms with Crippen LogP contribution in [0.15, 0.2) is 48.0 Å². The van der Waals surface area contributed by atoms with Gasteiger partial charge in [-0.1, -0.05) is 182 Å². The van der Waals surface area contributed by atoms with Crippen LogP contribution in [-0.2, 0) is 25.7 Å². The summed E-state index contributed by atoms with van der Waals surface area (Å²) in [6.07, 6.45) is 41.7. The molecule has 0 amide bonds. The van der Waals surface area contributed by atoms with Crippen molar-refractivity contribution >= 4 is 11.4 Å². The van der Waals surface area contributed by atoms with Gasteiger partial charge in [0.25, 0.3) is 0 Å². The quantitative estimate of drug-likeness (QED) is 0.0515. The predicted molar refractivity (Wildman–Crippen MR) is 239 cm³/mol. The van der Waals surface area contributed by atoms with Gasteiger partial charge in [-0.05, 0) is 111 Å². The minimum absolute atomic E-state index is 0.983. The Hall–Kier alpha value is -2.48. The van der Waals surface area contributed by atoms with Gasteiger partial charge in [0, 0.05) is 22.8 Å². The Morgan fingerprint density at radius 1 is 0.352 bits per heavy atom. The number of hydrogen-bond acceptors (Lipinski definition) is 0. The molecule has 0 fully saturated rings. The van der Waals surface area contributed by atoms with Gasteiger partial charge in [-0.2, -0.15) is 0 Å². The first-order valence-corrected chi connectivity index (χ1v) is 23.7. The van der Waals surface area contributed by atoms with Gasteiger partial charge >= 0.3 is 0 Å². The van der Waals surface area contributed by atoms with Crippen molar-refractivity contribution in [2.45, 2.75) is 234 Å². The van der Waals surface area contributed by atoms with E-state index in [0.29, 0.717) is 0 Å². The molecule has 3 rings (SSSR count). The van der Waals surface area contributed by atoms with E-state index in [1.165, 1.54) is 206 Å². The van der Waals surface area contributed by atoms with Gasteiger partial charge in [0.1, 0.15) is 0 Å². The summed E-state index contributed by atoms with van der Waals surface area (Å²) in [6.45, 7) is 11.5. The maximum absolute atomic E-state index is 12.4. The average molecular weight is 737 g/mol. The number of unbranched alkanes of at least 4 members (excludes halogenated alkanes) is 21. The van der Waals surface area contributed by atoms with Crippen molar-refractivity contribution < 1.29 is 4.70 Å². The van der Waals surface area contributed by atoms with Crippen LogP contribution in [0.4, 0.5) is 0 Å². The Bertz CT molecular complexity index is 1310. The van der Waals surface area contributed by atoms with Crippen molar-refractivity contribution in [3.05, 3.63) is 87.0 Å². The van der Waals surface area contributed by atoms with Gasteiger partial charge in [0.15, 0.2) is 0 Å². The first-order chi connectivity index (χ1) is 26.5. The van der Waals surface area contributed by atoms with Gasteiger partial charge in [-0.3, -0.25) is 0 Å². The number of nitrogens with zero attached hydrogens (tertiary/aromatic N) is 2. The van der Waals surface area contributed by atoms with Gasteiger partial charge in [-0.15, -0.1) is 0 Å². The van der Waals surface area contributed by atoms with Crippen LogP contribution in [0.25, 0.3) is 16.9 Å². The number of aryl methyl sites for hydroxylation is 4. The highest BCUT2D eigenvalue weighted by Gasteiger charge is 2.30. The fraction of sp³-hybridized carbons (Fsp3) is 0.692. The summed E-state index contributed by atoms with van der Waals surface area (Å²) >= 11 is 0. The van der Waals surface area contributed by atoms with Crippen LogP contribution in [-0.4, -0.2) is 4.70 Å². The fourth-order valence-corrected chi connectivity index (χ4v) is 8.47. The van der Waals surface area contributed by atoms with Crippen LogP contribution in [0, 0.1) is 0 Å². The number of benzene rings is 2. The zero-order valence-electron chi connectivity index (χ0n) is 36.4. The van der Waals surface area contributed by atoms with E-state index in [-0.39, 0.29) is 0 Å². The molecule has 2 aromatic rings. The van der Waals surface area contributed by atoms with Crippen LogP contribution >= 0.6 is 0 Å². The van der Waals surface area contributed by atoms with Crippen molar-refractivity contribution in [1.82, 2.24) is 0 Å². The molecule has 2 aromatic carbocycles. The highest BCUT2D eigenvalue weighted by molar-refractivity contribution is 5.79. The zero-order valence-corrected chi connectivity index (χ0v) is 36.4. The van der Waals surface area contributed by atoms with Crippen LogP contribution < -0.4 is 0 Å². The predicted octanol–water partition coefficient (Wildman–Crippen LogP) is 17.3. The van der Waals surface area contributed by atoms with Gasteiger partial charge in [0.05, 0.1) is 0 Å². The maximum atomic E-state index is 12.4. The lowest BCUT2D eigenvalue weighted by atomic mass is 9.94. The summed E-state index contributed by atoms with van der Waals surface area (Å²) in [7, 11) is 0. The number of hydrogen-bond donors (Lipinski definition) is 0. The lowest BCUT2D eigenvalue weighted by molar-refractivity contribution is -0.344. The van der Waals surface area contributed by atoms with E-state index in [0.717, 1.165) is 43.5 Å². The Kier molecular flexibility index (Phi) is 24.5. The molecule has 0 aromatic heterocycles. The molecule has 0 N–H and O–H groups in total. The Morgan fingerprint density at radius 2 is 0.648 bits per heavy atom.